The monoisotopic (exact) mass is 347 g/mol. The fourth-order valence-corrected chi connectivity index (χ4v) is 1.91. The minimum absolute atomic E-state index is 0.0186. The Bertz CT molecular complexity index is 806. The number of rotatable bonds is 5. The van der Waals surface area contributed by atoms with Gasteiger partial charge in [-0.1, -0.05) is 12.1 Å². The van der Waals surface area contributed by atoms with E-state index >= 15 is 0 Å². The predicted molar refractivity (Wildman–Crippen MR) is 86.8 cm³/mol. The number of esters is 2. The predicted octanol–water partition coefficient (Wildman–Crippen LogP) is 2.48. The zero-order valence-electron chi connectivity index (χ0n) is 13.9. The molecule has 0 atom stereocenters. The molecule has 2 aromatic rings. The molecule has 0 saturated heterocycles. The van der Waals surface area contributed by atoms with Gasteiger partial charge >= 0.3 is 11.9 Å². The number of aromatic amines is 1. The number of nitrogens with zero attached hydrogens (tertiary/aromatic N) is 2. The molecule has 0 fully saturated rings. The number of nitrogens with one attached hydrogen (secondary N) is 1. The van der Waals surface area contributed by atoms with Gasteiger partial charge in [0.2, 0.25) is 0 Å². The van der Waals surface area contributed by atoms with Gasteiger partial charge in [-0.15, -0.1) is 0 Å². The lowest BCUT2D eigenvalue weighted by Crippen LogP contribution is -2.27. The van der Waals surface area contributed by atoms with Gasteiger partial charge < -0.3 is 14.5 Å². The van der Waals surface area contributed by atoms with Crippen molar-refractivity contribution < 1.29 is 24.0 Å². The van der Waals surface area contributed by atoms with Crippen LogP contribution in [0.15, 0.2) is 30.5 Å². The third-order valence-corrected chi connectivity index (χ3v) is 2.87. The number of nitro benzene ring substituents is 1. The van der Waals surface area contributed by atoms with E-state index in [-0.39, 0.29) is 17.2 Å². The zero-order chi connectivity index (χ0) is 18.6. The van der Waals surface area contributed by atoms with Crippen LogP contribution in [-0.2, 0) is 14.3 Å². The summed E-state index contributed by atoms with van der Waals surface area (Å²) < 4.78 is 9.88. The van der Waals surface area contributed by atoms with Crippen LogP contribution in [0, 0.1) is 10.1 Å². The second-order valence-electron chi connectivity index (χ2n) is 6.12. The molecule has 1 heterocycles. The van der Waals surface area contributed by atoms with E-state index < -0.39 is 29.1 Å². The molecule has 25 heavy (non-hydrogen) atoms. The fourth-order valence-electron chi connectivity index (χ4n) is 1.91. The van der Waals surface area contributed by atoms with Gasteiger partial charge in [0.1, 0.15) is 17.1 Å². The van der Waals surface area contributed by atoms with Crippen molar-refractivity contribution in [1.29, 1.82) is 0 Å². The highest BCUT2D eigenvalue weighted by Crippen LogP contribution is 2.21. The molecule has 2 rings (SSSR count). The van der Waals surface area contributed by atoms with Crippen LogP contribution in [0.3, 0.4) is 0 Å². The molecule has 0 radical (unpaired) electrons. The highest BCUT2D eigenvalue weighted by atomic mass is 16.6. The first-order valence-electron chi connectivity index (χ1n) is 7.34. The molecule has 1 aromatic heterocycles. The molecule has 0 bridgehead atoms. The minimum atomic E-state index is -0.782. The number of benzene rings is 1. The van der Waals surface area contributed by atoms with E-state index in [1.165, 1.54) is 24.4 Å². The van der Waals surface area contributed by atoms with Crippen LogP contribution >= 0.6 is 0 Å². The van der Waals surface area contributed by atoms with Gasteiger partial charge in [0, 0.05) is 17.7 Å². The van der Waals surface area contributed by atoms with E-state index in [0.29, 0.717) is 5.56 Å². The molecule has 0 aliphatic rings. The highest BCUT2D eigenvalue weighted by Gasteiger charge is 2.19. The van der Waals surface area contributed by atoms with E-state index in [9.17, 15) is 19.7 Å². The van der Waals surface area contributed by atoms with Crippen molar-refractivity contribution in [3.63, 3.8) is 0 Å². The van der Waals surface area contributed by atoms with Gasteiger partial charge in [-0.2, -0.15) is 0 Å². The number of nitro groups is 1. The summed E-state index contributed by atoms with van der Waals surface area (Å²) in [5.74, 6) is -1.18. The quantitative estimate of drug-likeness (QED) is 0.500. The molecule has 0 saturated carbocycles. The second-order valence-corrected chi connectivity index (χ2v) is 6.12. The molecule has 0 aliphatic carbocycles. The average molecular weight is 347 g/mol. The van der Waals surface area contributed by atoms with Crippen LogP contribution in [0.25, 0.3) is 11.4 Å². The molecule has 1 aromatic carbocycles. The molecular weight excluding hydrogens is 330 g/mol. The number of non-ortho nitro benzene ring substituents is 1. The highest BCUT2D eigenvalue weighted by molar-refractivity contribution is 5.89. The molecule has 1 N–H and O–H groups in total. The largest absolute Gasteiger partial charge is 0.457 e. The molecule has 0 aliphatic heterocycles. The summed E-state index contributed by atoms with van der Waals surface area (Å²) >= 11 is 0. The molecule has 132 valence electrons. The molecule has 9 heteroatoms. The first-order valence-corrected chi connectivity index (χ1v) is 7.34. The van der Waals surface area contributed by atoms with Gasteiger partial charge in [0.15, 0.2) is 6.61 Å². The Balaban J connectivity index is 2.03. The smallest absolute Gasteiger partial charge is 0.356 e. The Morgan fingerprint density at radius 2 is 2.04 bits per heavy atom. The Morgan fingerprint density at radius 3 is 2.68 bits per heavy atom. The first kappa shape index (κ1) is 18.1. The van der Waals surface area contributed by atoms with Crippen LogP contribution in [0.2, 0.25) is 0 Å². The molecule has 0 spiro atoms. The van der Waals surface area contributed by atoms with Gasteiger partial charge in [-0.05, 0) is 20.8 Å². The Labute approximate surface area is 143 Å². The number of carbonyl (C=O) groups is 2. The lowest BCUT2D eigenvalue weighted by atomic mass is 10.2. The maximum Gasteiger partial charge on any atom is 0.356 e. The fraction of sp³-hybridized carbons (Fsp3) is 0.312. The Kier molecular flexibility index (Phi) is 5.16. The number of carbonyl (C=O) groups excluding carboxylic acids is 2. The maximum atomic E-state index is 11.9. The zero-order valence-corrected chi connectivity index (χ0v) is 13.9. The van der Waals surface area contributed by atoms with Crippen LogP contribution in [0.1, 0.15) is 31.3 Å². The van der Waals surface area contributed by atoms with Crippen LogP contribution in [-0.4, -0.2) is 39.0 Å². The number of H-pyrrole nitrogens is 1. The van der Waals surface area contributed by atoms with Crippen molar-refractivity contribution >= 4 is 17.6 Å². The Hall–Kier alpha value is -3.23. The van der Waals surface area contributed by atoms with E-state index in [0.717, 1.165) is 0 Å². The van der Waals surface area contributed by atoms with Gasteiger partial charge in [0.05, 0.1) is 11.1 Å². The summed E-state index contributed by atoms with van der Waals surface area (Å²) in [6.07, 6.45) is 1.23. The van der Waals surface area contributed by atoms with Gasteiger partial charge in [-0.25, -0.2) is 14.6 Å². The summed E-state index contributed by atoms with van der Waals surface area (Å²) in [7, 11) is 0. The lowest BCUT2D eigenvalue weighted by molar-refractivity contribution is -0.384. The van der Waals surface area contributed by atoms with E-state index in [4.69, 9.17) is 9.47 Å². The van der Waals surface area contributed by atoms with Crippen molar-refractivity contribution in [3.05, 3.63) is 46.3 Å². The first-order chi connectivity index (χ1) is 11.7. The normalized spacial score (nSPS) is 11.0. The number of hydrogen-bond acceptors (Lipinski definition) is 7. The van der Waals surface area contributed by atoms with Crippen LogP contribution in [0.4, 0.5) is 5.69 Å². The van der Waals surface area contributed by atoms with Crippen LogP contribution < -0.4 is 0 Å². The molecule has 0 amide bonds. The van der Waals surface area contributed by atoms with Gasteiger partial charge in [0.25, 0.3) is 5.69 Å². The maximum absolute atomic E-state index is 11.9. The molecule has 9 nitrogen and oxygen atoms in total. The summed E-state index contributed by atoms with van der Waals surface area (Å²) in [5, 5.41) is 10.8. The number of hydrogen-bond donors (Lipinski definition) is 1. The summed E-state index contributed by atoms with van der Waals surface area (Å²) in [5.41, 5.74) is -0.305. The summed E-state index contributed by atoms with van der Waals surface area (Å²) in [6, 6.07) is 5.80. The number of ether oxygens (including phenoxy) is 2. The van der Waals surface area contributed by atoms with Crippen molar-refractivity contribution in [2.45, 2.75) is 26.4 Å². The van der Waals surface area contributed by atoms with Crippen molar-refractivity contribution in [3.8, 4) is 11.4 Å². The molecule has 0 unspecified atom stereocenters. The standard InChI is InChI=1S/C16H17N3O6/c1-16(2,3)25-13(20)9-24-15(21)12-8-17-14(18-12)10-5-4-6-11(7-10)19(22)23/h4-8H,9H2,1-3H3,(H,17,18). The van der Waals surface area contributed by atoms with E-state index in [1.54, 1.807) is 26.8 Å². The topological polar surface area (TPSA) is 124 Å². The van der Waals surface area contributed by atoms with Crippen molar-refractivity contribution in [2.75, 3.05) is 6.61 Å². The minimum Gasteiger partial charge on any atom is -0.457 e. The molecular formula is C16H17N3O6. The second kappa shape index (κ2) is 7.12. The number of imidazole rings is 1. The lowest BCUT2D eigenvalue weighted by Gasteiger charge is -2.19. The van der Waals surface area contributed by atoms with Crippen molar-refractivity contribution in [2.24, 2.45) is 0 Å². The van der Waals surface area contributed by atoms with E-state index in [2.05, 4.69) is 9.97 Å². The number of aromatic nitrogens is 2. The third kappa shape index (κ3) is 5.13. The average Bonchev–Trinajstić information content (AvgIpc) is 3.01. The van der Waals surface area contributed by atoms with Crippen LogP contribution in [0.5, 0.6) is 0 Å². The van der Waals surface area contributed by atoms with Gasteiger partial charge in [-0.3, -0.25) is 10.1 Å². The van der Waals surface area contributed by atoms with E-state index in [1.807, 2.05) is 0 Å². The summed E-state index contributed by atoms with van der Waals surface area (Å²) in [6.45, 7) is 4.58. The van der Waals surface area contributed by atoms with Crippen molar-refractivity contribution in [1.82, 2.24) is 9.97 Å². The third-order valence-electron chi connectivity index (χ3n) is 2.87. The Morgan fingerprint density at radius 1 is 1.32 bits per heavy atom. The SMILES string of the molecule is CC(C)(C)OC(=O)COC(=O)c1cnc(-c2cccc([N+](=O)[O-])c2)[nH]1. The summed E-state index contributed by atoms with van der Waals surface area (Å²) in [4.78, 5) is 40.4.